The van der Waals surface area contributed by atoms with Gasteiger partial charge in [0.25, 0.3) is 0 Å². The summed E-state index contributed by atoms with van der Waals surface area (Å²) in [6.07, 6.45) is 0.146. The lowest BCUT2D eigenvalue weighted by Gasteiger charge is -2.28. The summed E-state index contributed by atoms with van der Waals surface area (Å²) in [6, 6.07) is -0.573. The van der Waals surface area contributed by atoms with Crippen LogP contribution in [0.4, 0.5) is 0 Å². The molecule has 1 atom stereocenters. The van der Waals surface area contributed by atoms with E-state index in [0.717, 1.165) is 9.80 Å². The number of carboxylic acids is 6. The van der Waals surface area contributed by atoms with Crippen LogP contribution in [0.3, 0.4) is 0 Å². The van der Waals surface area contributed by atoms with E-state index in [1.165, 1.54) is 0 Å². The van der Waals surface area contributed by atoms with Crippen molar-refractivity contribution in [2.24, 2.45) is 0 Å². The summed E-state index contributed by atoms with van der Waals surface area (Å²) in [6.45, 7) is -3.29. The number of nitrogens with zero attached hydrogens (tertiary/aromatic N) is 2. The molecule has 0 aliphatic carbocycles. The van der Waals surface area contributed by atoms with Gasteiger partial charge in [-0.3, -0.25) is 38.6 Å². The molecule has 184 valence electrons. The monoisotopic (exact) mass is 469 g/mol. The van der Waals surface area contributed by atoms with E-state index in [1.807, 2.05) is 0 Å². The van der Waals surface area contributed by atoms with E-state index in [1.54, 1.807) is 0 Å². The third-order valence-corrected chi connectivity index (χ3v) is 3.39. The van der Waals surface area contributed by atoms with Crippen molar-refractivity contribution in [2.75, 3.05) is 52.4 Å². The summed E-state index contributed by atoms with van der Waals surface area (Å²) >= 11 is 0. The fourth-order valence-corrected chi connectivity index (χ4v) is 2.31. The van der Waals surface area contributed by atoms with Crippen LogP contribution in [0, 0.1) is 0 Å². The summed E-state index contributed by atoms with van der Waals surface area (Å²) < 4.78 is 0. The van der Waals surface area contributed by atoms with Gasteiger partial charge in [0.05, 0.1) is 39.3 Å². The lowest BCUT2D eigenvalue weighted by atomic mass is 10.1. The summed E-state index contributed by atoms with van der Waals surface area (Å²) in [4.78, 5) is 64.1. The Hall–Kier alpha value is -3.34. The number of hydrogen-bond acceptors (Lipinski definition) is 10. The van der Waals surface area contributed by atoms with Crippen molar-refractivity contribution in [1.82, 2.24) is 15.1 Å². The third-order valence-electron chi connectivity index (χ3n) is 3.39. The Kier molecular flexibility index (Phi) is 16.7. The van der Waals surface area contributed by atoms with Crippen LogP contribution in [-0.4, -0.2) is 140 Å². The van der Waals surface area contributed by atoms with Gasteiger partial charge in [0, 0.05) is 19.2 Å². The van der Waals surface area contributed by atoms with E-state index in [2.05, 4.69) is 5.32 Å². The van der Waals surface area contributed by atoms with Gasteiger partial charge in [-0.05, 0) is 6.42 Å². The van der Waals surface area contributed by atoms with E-state index in [0.29, 0.717) is 0 Å². The van der Waals surface area contributed by atoms with Gasteiger partial charge in [-0.15, -0.1) is 0 Å². The van der Waals surface area contributed by atoms with Gasteiger partial charge >= 0.3 is 35.8 Å². The maximum absolute atomic E-state index is 10.7. The molecule has 0 spiro atoms. The molecule has 0 aromatic heterocycles. The van der Waals surface area contributed by atoms with E-state index in [9.17, 15) is 28.8 Å². The molecule has 0 aromatic rings. The third kappa shape index (κ3) is 20.0. The second-order valence-corrected chi connectivity index (χ2v) is 6.21. The molecule has 0 radical (unpaired) electrons. The van der Waals surface area contributed by atoms with Gasteiger partial charge in [-0.2, -0.15) is 0 Å². The van der Waals surface area contributed by atoms with Gasteiger partial charge < -0.3 is 41.1 Å². The molecular formula is C16H27N3O13. The summed E-state index contributed by atoms with van der Waals surface area (Å²) in [5, 5.41) is 62.2. The quantitative estimate of drug-likeness (QED) is 0.102. The fraction of sp³-hybridized carbons (Fsp3) is 0.625. The molecular weight excluding hydrogens is 442 g/mol. The lowest BCUT2D eigenvalue weighted by Crippen LogP contribution is -2.48. The molecule has 0 heterocycles. The summed E-state index contributed by atoms with van der Waals surface area (Å²) in [7, 11) is 0. The minimum atomic E-state index is -1.26. The standard InChI is InChI=1S/C10H18N2O7.C6H9NO6/c13-2-1-7(3-11-4-8(14)15)12(5-9(16)17)6-10(18)19;8-4(9)1-7(2-5(10)11)3-6(12)13/h7,11,13H,1-6H2,(H,14,15)(H,16,17)(H,18,19);1-3H2,(H,8,9)(H,10,11)(H,12,13). The van der Waals surface area contributed by atoms with Crippen LogP contribution in [0.15, 0.2) is 0 Å². The first-order chi connectivity index (χ1) is 14.8. The number of carboxylic acid groups (broad SMARTS) is 6. The average molecular weight is 469 g/mol. The highest BCUT2D eigenvalue weighted by molar-refractivity contribution is 5.75. The molecule has 0 saturated heterocycles. The van der Waals surface area contributed by atoms with Crippen molar-refractivity contribution in [1.29, 1.82) is 0 Å². The Bertz CT molecular complexity index is 601. The van der Waals surface area contributed by atoms with Crippen molar-refractivity contribution in [2.45, 2.75) is 12.5 Å². The molecule has 8 N–H and O–H groups in total. The van der Waals surface area contributed by atoms with Crippen LogP contribution >= 0.6 is 0 Å². The number of aliphatic carboxylic acids is 6. The Morgan fingerprint density at radius 1 is 0.625 bits per heavy atom. The Balaban J connectivity index is 0. The number of carbonyl (C=O) groups is 6. The van der Waals surface area contributed by atoms with Crippen molar-refractivity contribution in [3.63, 3.8) is 0 Å². The van der Waals surface area contributed by atoms with Crippen LogP contribution in [0.5, 0.6) is 0 Å². The highest BCUT2D eigenvalue weighted by atomic mass is 16.4. The fourth-order valence-electron chi connectivity index (χ4n) is 2.31. The second kappa shape index (κ2) is 17.4. The lowest BCUT2D eigenvalue weighted by molar-refractivity contribution is -0.146. The maximum Gasteiger partial charge on any atom is 0.317 e. The normalized spacial score (nSPS) is 11.3. The zero-order chi connectivity index (χ0) is 25.3. The van der Waals surface area contributed by atoms with Crippen LogP contribution in [0.1, 0.15) is 6.42 Å². The SMILES string of the molecule is O=C(O)CN(CC(=O)O)CC(=O)O.O=C(O)CNCC(CCO)N(CC(=O)O)CC(=O)O. The van der Waals surface area contributed by atoms with Gasteiger partial charge in [0.2, 0.25) is 0 Å². The first-order valence-electron chi connectivity index (χ1n) is 8.87. The van der Waals surface area contributed by atoms with E-state index in [4.69, 9.17) is 35.7 Å². The summed E-state index contributed by atoms with van der Waals surface area (Å²) in [5.41, 5.74) is 0. The number of aliphatic hydroxyl groups excluding tert-OH is 1. The van der Waals surface area contributed by atoms with Gasteiger partial charge in [0.15, 0.2) is 0 Å². The molecule has 0 aliphatic rings. The van der Waals surface area contributed by atoms with Crippen LogP contribution in [-0.2, 0) is 28.8 Å². The Morgan fingerprint density at radius 2 is 1.00 bits per heavy atom. The molecule has 16 heteroatoms. The first kappa shape index (κ1) is 30.9. The molecule has 0 saturated carbocycles. The minimum Gasteiger partial charge on any atom is -0.480 e. The topological polar surface area (TPSA) is 263 Å². The first-order valence-corrected chi connectivity index (χ1v) is 8.87. The van der Waals surface area contributed by atoms with Crippen molar-refractivity contribution in [3.05, 3.63) is 0 Å². The molecule has 0 rings (SSSR count). The average Bonchev–Trinajstić information content (AvgIpc) is 2.58. The van der Waals surface area contributed by atoms with Crippen molar-refractivity contribution < 1.29 is 64.5 Å². The number of nitrogens with one attached hydrogen (secondary N) is 1. The molecule has 16 nitrogen and oxygen atoms in total. The van der Waals surface area contributed by atoms with Crippen LogP contribution in [0.25, 0.3) is 0 Å². The number of hydrogen-bond donors (Lipinski definition) is 8. The van der Waals surface area contributed by atoms with Crippen LogP contribution < -0.4 is 5.32 Å². The predicted octanol–water partition coefficient (Wildman–Crippen LogP) is -3.57. The Morgan fingerprint density at radius 3 is 1.28 bits per heavy atom. The minimum absolute atomic E-state index is 0.0768. The molecule has 32 heavy (non-hydrogen) atoms. The number of aliphatic hydroxyl groups is 1. The summed E-state index contributed by atoms with van der Waals surface area (Å²) in [5.74, 6) is -7.25. The second-order valence-electron chi connectivity index (χ2n) is 6.21. The highest BCUT2D eigenvalue weighted by Gasteiger charge is 2.23. The molecule has 0 amide bonds. The predicted molar refractivity (Wildman–Crippen MR) is 102 cm³/mol. The molecule has 0 fully saturated rings. The van der Waals surface area contributed by atoms with E-state index < -0.39 is 74.6 Å². The molecule has 0 bridgehead atoms. The van der Waals surface area contributed by atoms with Gasteiger partial charge in [0.1, 0.15) is 0 Å². The smallest absolute Gasteiger partial charge is 0.317 e. The van der Waals surface area contributed by atoms with Gasteiger partial charge in [-0.25, -0.2) is 0 Å². The molecule has 0 aliphatic heterocycles. The van der Waals surface area contributed by atoms with Gasteiger partial charge in [-0.1, -0.05) is 0 Å². The Labute approximate surface area is 181 Å². The van der Waals surface area contributed by atoms with E-state index in [-0.39, 0.29) is 26.1 Å². The maximum atomic E-state index is 10.7. The largest absolute Gasteiger partial charge is 0.480 e. The zero-order valence-electron chi connectivity index (χ0n) is 16.9. The highest BCUT2D eigenvalue weighted by Crippen LogP contribution is 2.03. The van der Waals surface area contributed by atoms with E-state index >= 15 is 0 Å². The molecule has 1 unspecified atom stereocenters. The van der Waals surface area contributed by atoms with Crippen molar-refractivity contribution >= 4 is 35.8 Å². The van der Waals surface area contributed by atoms with Crippen LogP contribution in [0.2, 0.25) is 0 Å². The zero-order valence-corrected chi connectivity index (χ0v) is 16.9. The van der Waals surface area contributed by atoms with Crippen molar-refractivity contribution in [3.8, 4) is 0 Å². The molecule has 0 aromatic carbocycles. The number of rotatable bonds is 17.